The maximum atomic E-state index is 6.12. The fourth-order valence-corrected chi connectivity index (χ4v) is 2.31. The quantitative estimate of drug-likeness (QED) is 0.892. The molecule has 0 aliphatic carbocycles. The Morgan fingerprint density at radius 2 is 2.22 bits per heavy atom. The highest BCUT2D eigenvalue weighted by Gasteiger charge is 2.19. The van der Waals surface area contributed by atoms with Crippen molar-refractivity contribution in [3.63, 3.8) is 0 Å². The third-order valence-corrected chi connectivity index (χ3v) is 3.46. The summed E-state index contributed by atoms with van der Waals surface area (Å²) in [5.74, 6) is 1.00. The Morgan fingerprint density at radius 3 is 2.94 bits per heavy atom. The second kappa shape index (κ2) is 5.47. The SMILES string of the molecule is COC(C)(C)CNCc1cc(Cl)cc2c1OCC2. The summed E-state index contributed by atoms with van der Waals surface area (Å²) < 4.78 is 11.0. The molecule has 0 atom stereocenters. The van der Waals surface area contributed by atoms with Crippen LogP contribution in [0.4, 0.5) is 0 Å². The minimum atomic E-state index is -0.164. The summed E-state index contributed by atoms with van der Waals surface area (Å²) in [5.41, 5.74) is 2.18. The summed E-state index contributed by atoms with van der Waals surface area (Å²) in [5, 5.41) is 4.17. The summed E-state index contributed by atoms with van der Waals surface area (Å²) in [6.45, 7) is 6.39. The highest BCUT2D eigenvalue weighted by atomic mass is 35.5. The number of fused-ring (bicyclic) bond motifs is 1. The summed E-state index contributed by atoms with van der Waals surface area (Å²) in [6.07, 6.45) is 0.951. The van der Waals surface area contributed by atoms with Crippen LogP contribution in [-0.4, -0.2) is 25.9 Å². The lowest BCUT2D eigenvalue weighted by Crippen LogP contribution is -2.36. The molecule has 4 heteroatoms. The lowest BCUT2D eigenvalue weighted by atomic mass is 10.1. The molecule has 0 spiro atoms. The van der Waals surface area contributed by atoms with Gasteiger partial charge in [0.1, 0.15) is 5.75 Å². The summed E-state index contributed by atoms with van der Waals surface area (Å²) in [4.78, 5) is 0. The first kappa shape index (κ1) is 13.7. The fraction of sp³-hybridized carbons (Fsp3) is 0.571. The lowest BCUT2D eigenvalue weighted by Gasteiger charge is -2.23. The minimum Gasteiger partial charge on any atom is -0.493 e. The van der Waals surface area contributed by atoms with Crippen molar-refractivity contribution in [1.82, 2.24) is 5.32 Å². The Labute approximate surface area is 113 Å². The van der Waals surface area contributed by atoms with E-state index in [1.165, 1.54) is 5.56 Å². The molecule has 1 heterocycles. The molecular weight excluding hydrogens is 250 g/mol. The molecule has 1 N–H and O–H groups in total. The van der Waals surface area contributed by atoms with Crippen LogP contribution in [0.2, 0.25) is 5.02 Å². The van der Waals surface area contributed by atoms with Crippen LogP contribution in [0, 0.1) is 0 Å². The molecule has 18 heavy (non-hydrogen) atoms. The number of ether oxygens (including phenoxy) is 2. The van der Waals surface area contributed by atoms with Crippen molar-refractivity contribution in [2.24, 2.45) is 0 Å². The number of nitrogens with one attached hydrogen (secondary N) is 1. The van der Waals surface area contributed by atoms with Gasteiger partial charge in [0.15, 0.2) is 0 Å². The van der Waals surface area contributed by atoms with E-state index in [1.54, 1.807) is 7.11 Å². The third kappa shape index (κ3) is 3.16. The predicted molar refractivity (Wildman–Crippen MR) is 73.4 cm³/mol. The second-order valence-corrected chi connectivity index (χ2v) is 5.66. The van der Waals surface area contributed by atoms with Crippen LogP contribution in [0.5, 0.6) is 5.75 Å². The molecule has 0 amide bonds. The molecule has 1 aromatic rings. The molecule has 2 rings (SSSR count). The zero-order chi connectivity index (χ0) is 13.2. The van der Waals surface area contributed by atoms with Crippen molar-refractivity contribution in [2.45, 2.75) is 32.4 Å². The number of benzene rings is 1. The molecule has 0 saturated heterocycles. The van der Waals surface area contributed by atoms with Crippen LogP contribution in [0.25, 0.3) is 0 Å². The molecule has 0 aromatic heterocycles. The van der Waals surface area contributed by atoms with E-state index in [4.69, 9.17) is 21.1 Å². The third-order valence-electron chi connectivity index (χ3n) is 3.24. The minimum absolute atomic E-state index is 0.164. The number of rotatable bonds is 5. The van der Waals surface area contributed by atoms with E-state index in [9.17, 15) is 0 Å². The summed E-state index contributed by atoms with van der Waals surface area (Å²) >= 11 is 6.12. The van der Waals surface area contributed by atoms with Crippen molar-refractivity contribution >= 4 is 11.6 Å². The number of hydrogen-bond donors (Lipinski definition) is 1. The van der Waals surface area contributed by atoms with Crippen molar-refractivity contribution in [3.8, 4) is 5.75 Å². The van der Waals surface area contributed by atoms with Crippen LogP contribution in [0.1, 0.15) is 25.0 Å². The molecule has 100 valence electrons. The number of hydrogen-bond acceptors (Lipinski definition) is 3. The van der Waals surface area contributed by atoms with Gasteiger partial charge in [-0.25, -0.2) is 0 Å². The highest BCUT2D eigenvalue weighted by Crippen LogP contribution is 2.32. The fourth-order valence-electron chi connectivity index (χ4n) is 2.05. The van der Waals surface area contributed by atoms with Crippen LogP contribution < -0.4 is 10.1 Å². The first-order valence-corrected chi connectivity index (χ1v) is 6.59. The van der Waals surface area contributed by atoms with Gasteiger partial charge in [-0.05, 0) is 31.5 Å². The molecule has 0 fully saturated rings. The van der Waals surface area contributed by atoms with Crippen molar-refractivity contribution in [3.05, 3.63) is 28.3 Å². The van der Waals surface area contributed by atoms with E-state index in [1.807, 2.05) is 12.1 Å². The Kier molecular flexibility index (Phi) is 4.15. The first-order valence-electron chi connectivity index (χ1n) is 6.22. The number of halogens is 1. The van der Waals surface area contributed by atoms with E-state index in [-0.39, 0.29) is 5.60 Å². The zero-order valence-corrected chi connectivity index (χ0v) is 11.9. The Balaban J connectivity index is 2.02. The van der Waals surface area contributed by atoms with Gasteiger partial charge in [-0.3, -0.25) is 0 Å². The topological polar surface area (TPSA) is 30.5 Å². The Morgan fingerprint density at radius 1 is 1.44 bits per heavy atom. The maximum Gasteiger partial charge on any atom is 0.127 e. The molecule has 1 aliphatic heterocycles. The molecule has 1 aromatic carbocycles. The van der Waals surface area contributed by atoms with E-state index in [2.05, 4.69) is 19.2 Å². The van der Waals surface area contributed by atoms with Crippen LogP contribution in [0.15, 0.2) is 12.1 Å². The second-order valence-electron chi connectivity index (χ2n) is 5.22. The van der Waals surface area contributed by atoms with Gasteiger partial charge in [-0.15, -0.1) is 0 Å². The molecule has 0 bridgehead atoms. The molecule has 1 aliphatic rings. The molecular formula is C14H20ClNO2. The van der Waals surface area contributed by atoms with Crippen LogP contribution >= 0.6 is 11.6 Å². The van der Waals surface area contributed by atoms with Crippen molar-refractivity contribution in [2.75, 3.05) is 20.3 Å². The molecule has 0 unspecified atom stereocenters. The van der Waals surface area contributed by atoms with E-state index in [0.717, 1.165) is 42.5 Å². The predicted octanol–water partition coefficient (Wildman–Crippen LogP) is 2.79. The van der Waals surface area contributed by atoms with Crippen molar-refractivity contribution < 1.29 is 9.47 Å². The van der Waals surface area contributed by atoms with E-state index < -0.39 is 0 Å². The highest BCUT2D eigenvalue weighted by molar-refractivity contribution is 6.30. The average molecular weight is 270 g/mol. The molecule has 0 radical (unpaired) electrons. The normalized spacial score (nSPS) is 14.4. The van der Waals surface area contributed by atoms with E-state index in [0.29, 0.717) is 0 Å². The van der Waals surface area contributed by atoms with Gasteiger partial charge in [0.2, 0.25) is 0 Å². The Bertz CT molecular complexity index is 432. The van der Waals surface area contributed by atoms with Gasteiger partial charge in [-0.2, -0.15) is 0 Å². The maximum absolute atomic E-state index is 6.12. The lowest BCUT2D eigenvalue weighted by molar-refractivity contribution is 0.0230. The van der Waals surface area contributed by atoms with Gasteiger partial charge >= 0.3 is 0 Å². The van der Waals surface area contributed by atoms with Gasteiger partial charge in [0, 0.05) is 37.2 Å². The monoisotopic (exact) mass is 269 g/mol. The van der Waals surface area contributed by atoms with Crippen LogP contribution in [0.3, 0.4) is 0 Å². The first-order chi connectivity index (χ1) is 8.52. The molecule has 3 nitrogen and oxygen atoms in total. The van der Waals surface area contributed by atoms with E-state index >= 15 is 0 Å². The average Bonchev–Trinajstić information content (AvgIpc) is 2.76. The Hall–Kier alpha value is -0.770. The van der Waals surface area contributed by atoms with Gasteiger partial charge in [0.05, 0.1) is 12.2 Å². The largest absolute Gasteiger partial charge is 0.493 e. The van der Waals surface area contributed by atoms with Gasteiger partial charge < -0.3 is 14.8 Å². The summed E-state index contributed by atoms with van der Waals surface area (Å²) in [7, 11) is 1.72. The van der Waals surface area contributed by atoms with Crippen molar-refractivity contribution in [1.29, 1.82) is 0 Å². The summed E-state index contributed by atoms with van der Waals surface area (Å²) in [6, 6.07) is 3.96. The van der Waals surface area contributed by atoms with Gasteiger partial charge in [-0.1, -0.05) is 11.6 Å². The van der Waals surface area contributed by atoms with Crippen LogP contribution in [-0.2, 0) is 17.7 Å². The molecule has 0 saturated carbocycles. The van der Waals surface area contributed by atoms with Gasteiger partial charge in [0.25, 0.3) is 0 Å². The standard InChI is InChI=1S/C14H20ClNO2/c1-14(2,17-3)9-16-8-11-7-12(15)6-10-4-5-18-13(10)11/h6-7,16H,4-5,8-9H2,1-3H3. The smallest absolute Gasteiger partial charge is 0.127 e. The zero-order valence-electron chi connectivity index (χ0n) is 11.2. The number of methoxy groups -OCH3 is 1.